The van der Waals surface area contributed by atoms with Crippen molar-refractivity contribution in [2.24, 2.45) is 11.7 Å². The largest absolute Gasteiger partial charge is 0.330 e. The van der Waals surface area contributed by atoms with Gasteiger partial charge in [0.05, 0.1) is 21.4 Å². The molecule has 0 fully saturated rings. The molecule has 3 nitrogen and oxygen atoms in total. The highest BCUT2D eigenvalue weighted by Gasteiger charge is 2.09. The molecule has 0 aliphatic heterocycles. The van der Waals surface area contributed by atoms with Gasteiger partial charge in [0, 0.05) is 6.20 Å². The van der Waals surface area contributed by atoms with Gasteiger partial charge in [0.1, 0.15) is 0 Å². The number of pyridine rings is 1. The molecule has 0 saturated heterocycles. The summed E-state index contributed by atoms with van der Waals surface area (Å²) >= 11 is 1.79. The van der Waals surface area contributed by atoms with E-state index in [0.717, 1.165) is 30.8 Å². The molecule has 2 N–H and O–H groups in total. The van der Waals surface area contributed by atoms with Crippen LogP contribution in [0.25, 0.3) is 10.2 Å². The summed E-state index contributed by atoms with van der Waals surface area (Å²) in [7, 11) is 0. The molecule has 4 heteroatoms. The fraction of sp³-hybridized carbons (Fsp3) is 0.571. The van der Waals surface area contributed by atoms with Crippen molar-refractivity contribution >= 4 is 21.6 Å². The molecule has 0 radical (unpaired) electrons. The Morgan fingerprint density at radius 1 is 1.33 bits per heavy atom. The number of nitrogens with zero attached hydrogens (tertiary/aromatic N) is 2. The Bertz CT molecular complexity index is 442. The van der Waals surface area contributed by atoms with E-state index in [1.54, 1.807) is 11.3 Å². The summed E-state index contributed by atoms with van der Waals surface area (Å²) in [6.45, 7) is 3.04. The van der Waals surface area contributed by atoms with Crippen LogP contribution in [-0.4, -0.2) is 16.5 Å². The van der Waals surface area contributed by atoms with Gasteiger partial charge in [0.25, 0.3) is 0 Å². The van der Waals surface area contributed by atoms with Gasteiger partial charge in [0.2, 0.25) is 0 Å². The Kier molecular flexibility index (Phi) is 5.08. The lowest BCUT2D eigenvalue weighted by atomic mass is 9.95. The average molecular weight is 263 g/mol. The molecule has 2 aromatic rings. The third-order valence-corrected chi connectivity index (χ3v) is 4.37. The molecule has 0 aliphatic carbocycles. The lowest BCUT2D eigenvalue weighted by Gasteiger charge is -2.13. The highest BCUT2D eigenvalue weighted by Crippen LogP contribution is 2.24. The molecule has 0 saturated carbocycles. The molecule has 2 heterocycles. The van der Waals surface area contributed by atoms with E-state index < -0.39 is 0 Å². The maximum absolute atomic E-state index is 5.67. The Labute approximate surface area is 112 Å². The number of nitrogens with two attached hydrogens (primary N) is 1. The van der Waals surface area contributed by atoms with Gasteiger partial charge in [-0.3, -0.25) is 4.98 Å². The quantitative estimate of drug-likeness (QED) is 0.833. The first kappa shape index (κ1) is 13.4. The maximum Gasteiger partial charge on any atom is 0.0998 e. The average Bonchev–Trinajstić information content (AvgIpc) is 2.79. The van der Waals surface area contributed by atoms with Gasteiger partial charge in [-0.05, 0) is 37.8 Å². The summed E-state index contributed by atoms with van der Waals surface area (Å²) in [5.41, 5.74) is 6.70. The number of rotatable bonds is 7. The first-order valence-corrected chi connectivity index (χ1v) is 7.54. The Morgan fingerprint density at radius 2 is 2.22 bits per heavy atom. The van der Waals surface area contributed by atoms with Crippen molar-refractivity contribution in [1.29, 1.82) is 0 Å². The molecule has 2 aromatic heterocycles. The molecule has 1 atom stereocenters. The van der Waals surface area contributed by atoms with E-state index >= 15 is 0 Å². The van der Waals surface area contributed by atoms with Gasteiger partial charge >= 0.3 is 0 Å². The van der Waals surface area contributed by atoms with Crippen LogP contribution in [0.2, 0.25) is 0 Å². The normalized spacial score (nSPS) is 13.0. The van der Waals surface area contributed by atoms with Crippen LogP contribution in [-0.2, 0) is 6.42 Å². The second kappa shape index (κ2) is 6.81. The van der Waals surface area contributed by atoms with Gasteiger partial charge in [-0.2, -0.15) is 0 Å². The summed E-state index contributed by atoms with van der Waals surface area (Å²) in [6.07, 6.45) is 9.62. The van der Waals surface area contributed by atoms with Gasteiger partial charge < -0.3 is 5.73 Å². The van der Waals surface area contributed by atoms with Gasteiger partial charge in [-0.15, -0.1) is 11.3 Å². The lowest BCUT2D eigenvalue weighted by molar-refractivity contribution is 0.421. The van der Waals surface area contributed by atoms with Crippen LogP contribution in [0.1, 0.15) is 37.6 Å². The molecule has 0 amide bonds. The predicted octanol–water partition coefficient (Wildman–Crippen LogP) is 3.39. The molecule has 1 unspecified atom stereocenters. The molecule has 98 valence electrons. The molecule has 2 rings (SSSR count). The summed E-state index contributed by atoms with van der Waals surface area (Å²) in [5, 5.41) is 1.23. The monoisotopic (exact) mass is 263 g/mol. The van der Waals surface area contributed by atoms with Crippen molar-refractivity contribution < 1.29 is 0 Å². The van der Waals surface area contributed by atoms with Crippen molar-refractivity contribution in [3.05, 3.63) is 23.5 Å². The Morgan fingerprint density at radius 3 is 2.94 bits per heavy atom. The number of aromatic nitrogens is 2. The molecule has 18 heavy (non-hydrogen) atoms. The van der Waals surface area contributed by atoms with Gasteiger partial charge in [0.15, 0.2) is 0 Å². The summed E-state index contributed by atoms with van der Waals surface area (Å²) in [5.74, 6) is 0.755. The third-order valence-electron chi connectivity index (χ3n) is 3.27. The van der Waals surface area contributed by atoms with Crippen molar-refractivity contribution in [2.45, 2.75) is 39.0 Å². The first-order valence-electron chi connectivity index (χ1n) is 6.73. The number of hydrogen-bond acceptors (Lipinski definition) is 4. The minimum atomic E-state index is 0.755. The zero-order chi connectivity index (χ0) is 12.8. The van der Waals surface area contributed by atoms with E-state index in [1.807, 2.05) is 18.5 Å². The Hall–Kier alpha value is -1.00. The second-order valence-electron chi connectivity index (χ2n) is 4.72. The van der Waals surface area contributed by atoms with Crippen LogP contribution in [0, 0.1) is 5.92 Å². The SMILES string of the molecule is CCCC(CCN)CCc1nc2cnccc2s1. The molecular formula is C14H21N3S. The molecule has 0 aromatic carbocycles. The fourth-order valence-corrected chi connectivity index (χ4v) is 3.29. The van der Waals surface area contributed by atoms with E-state index in [9.17, 15) is 0 Å². The van der Waals surface area contributed by atoms with Crippen LogP contribution in [0.3, 0.4) is 0 Å². The second-order valence-corrected chi connectivity index (χ2v) is 5.84. The van der Waals surface area contributed by atoms with Crippen molar-refractivity contribution in [3.8, 4) is 0 Å². The molecule has 0 bridgehead atoms. The summed E-state index contributed by atoms with van der Waals surface area (Å²) in [6, 6.07) is 2.04. The molecule has 0 aliphatic rings. The van der Waals surface area contributed by atoms with Crippen LogP contribution in [0.5, 0.6) is 0 Å². The van der Waals surface area contributed by atoms with E-state index in [2.05, 4.69) is 16.9 Å². The van der Waals surface area contributed by atoms with E-state index in [0.29, 0.717) is 0 Å². The van der Waals surface area contributed by atoms with Crippen LogP contribution in [0.15, 0.2) is 18.5 Å². The molecular weight excluding hydrogens is 242 g/mol. The van der Waals surface area contributed by atoms with Crippen molar-refractivity contribution in [2.75, 3.05) is 6.54 Å². The Balaban J connectivity index is 1.95. The molecule has 0 spiro atoms. The maximum atomic E-state index is 5.67. The van der Waals surface area contributed by atoms with E-state index in [4.69, 9.17) is 5.73 Å². The van der Waals surface area contributed by atoms with E-state index in [-0.39, 0.29) is 0 Å². The number of hydrogen-bond donors (Lipinski definition) is 1. The summed E-state index contributed by atoms with van der Waals surface area (Å²) < 4.78 is 1.24. The van der Waals surface area contributed by atoms with Gasteiger partial charge in [-0.25, -0.2) is 4.98 Å². The smallest absolute Gasteiger partial charge is 0.0998 e. The topological polar surface area (TPSA) is 51.8 Å². The fourth-order valence-electron chi connectivity index (χ4n) is 2.34. The minimum Gasteiger partial charge on any atom is -0.330 e. The summed E-state index contributed by atoms with van der Waals surface area (Å²) in [4.78, 5) is 8.74. The third kappa shape index (κ3) is 3.50. The van der Waals surface area contributed by atoms with Crippen molar-refractivity contribution in [3.63, 3.8) is 0 Å². The van der Waals surface area contributed by atoms with Crippen LogP contribution >= 0.6 is 11.3 Å². The zero-order valence-corrected chi connectivity index (χ0v) is 11.7. The highest BCUT2D eigenvalue weighted by atomic mass is 32.1. The highest BCUT2D eigenvalue weighted by molar-refractivity contribution is 7.18. The number of aryl methyl sites for hydroxylation is 1. The number of thiazole rings is 1. The zero-order valence-electron chi connectivity index (χ0n) is 10.9. The van der Waals surface area contributed by atoms with E-state index in [1.165, 1.54) is 29.0 Å². The lowest BCUT2D eigenvalue weighted by Crippen LogP contribution is -2.09. The van der Waals surface area contributed by atoms with Crippen LogP contribution < -0.4 is 5.73 Å². The van der Waals surface area contributed by atoms with Crippen LogP contribution in [0.4, 0.5) is 0 Å². The first-order chi connectivity index (χ1) is 8.83. The van der Waals surface area contributed by atoms with Gasteiger partial charge in [-0.1, -0.05) is 19.8 Å². The van der Waals surface area contributed by atoms with Crippen molar-refractivity contribution in [1.82, 2.24) is 9.97 Å². The standard InChI is InChI=1S/C14H21N3S/c1-2-3-11(6-8-15)4-5-14-17-12-10-16-9-7-13(12)18-14/h7,9-11H,2-6,8,15H2,1H3. The predicted molar refractivity (Wildman–Crippen MR) is 77.8 cm³/mol. The minimum absolute atomic E-state index is 0.755. The number of fused-ring (bicyclic) bond motifs is 1.